The topological polar surface area (TPSA) is 29.3 Å². The lowest BCUT2D eigenvalue weighted by atomic mass is 9.63. The second-order valence-electron chi connectivity index (χ2n) is 7.18. The molecule has 0 bridgehead atoms. The van der Waals surface area contributed by atoms with Crippen LogP contribution in [0.5, 0.6) is 0 Å². The van der Waals surface area contributed by atoms with Crippen LogP contribution in [0.2, 0.25) is 0 Å². The van der Waals surface area contributed by atoms with Gasteiger partial charge in [-0.2, -0.15) is 0 Å². The summed E-state index contributed by atoms with van der Waals surface area (Å²) in [7, 11) is 0. The van der Waals surface area contributed by atoms with Gasteiger partial charge < -0.3 is 5.73 Å². The van der Waals surface area contributed by atoms with Crippen molar-refractivity contribution in [1.29, 1.82) is 0 Å². The van der Waals surface area contributed by atoms with Crippen molar-refractivity contribution in [3.8, 4) is 0 Å². The molecule has 110 valence electrons. The molecule has 0 aromatic heterocycles. The third kappa shape index (κ3) is 2.40. The van der Waals surface area contributed by atoms with E-state index < -0.39 is 0 Å². The molecule has 1 aliphatic heterocycles. The lowest BCUT2D eigenvalue weighted by Crippen LogP contribution is -2.61. The molecule has 1 saturated heterocycles. The van der Waals surface area contributed by atoms with Crippen LogP contribution in [0.15, 0.2) is 30.3 Å². The fourth-order valence-corrected chi connectivity index (χ4v) is 4.13. The number of hydrogen-bond acceptors (Lipinski definition) is 2. The number of likely N-dealkylation sites (tertiary alicyclic amines) is 1. The number of nitrogens with zero attached hydrogens (tertiary/aromatic N) is 1. The van der Waals surface area contributed by atoms with E-state index in [4.69, 9.17) is 5.73 Å². The summed E-state index contributed by atoms with van der Waals surface area (Å²) < 4.78 is 0. The van der Waals surface area contributed by atoms with Crippen LogP contribution in [0.4, 0.5) is 0 Å². The first-order valence-corrected chi connectivity index (χ1v) is 8.15. The van der Waals surface area contributed by atoms with E-state index in [1.54, 1.807) is 0 Å². The van der Waals surface area contributed by atoms with Crippen LogP contribution in [0.3, 0.4) is 0 Å². The van der Waals surface area contributed by atoms with Gasteiger partial charge in [0.2, 0.25) is 0 Å². The summed E-state index contributed by atoms with van der Waals surface area (Å²) in [5.41, 5.74) is 7.97. The molecule has 1 aliphatic carbocycles. The normalized spacial score (nSPS) is 34.4. The van der Waals surface area contributed by atoms with Gasteiger partial charge in [-0.1, -0.05) is 44.2 Å². The molecule has 1 atom stereocenters. The van der Waals surface area contributed by atoms with Crippen molar-refractivity contribution in [3.05, 3.63) is 35.9 Å². The second kappa shape index (κ2) is 5.50. The highest BCUT2D eigenvalue weighted by Crippen LogP contribution is 2.47. The Labute approximate surface area is 123 Å². The zero-order valence-electron chi connectivity index (χ0n) is 12.9. The van der Waals surface area contributed by atoms with Gasteiger partial charge in [0, 0.05) is 18.6 Å². The van der Waals surface area contributed by atoms with Gasteiger partial charge in [0.15, 0.2) is 0 Å². The molecule has 2 fully saturated rings. The van der Waals surface area contributed by atoms with Crippen LogP contribution in [0, 0.1) is 11.8 Å². The fraction of sp³-hybridized carbons (Fsp3) is 0.667. The SMILES string of the molecule is CC(C)C1CC(CN)(N2CCC(c3ccccc3)C2)C1. The third-order valence-electron chi connectivity index (χ3n) is 5.74. The average Bonchev–Trinajstić information content (AvgIpc) is 2.89. The minimum atomic E-state index is 0.318. The number of hydrogen-bond donors (Lipinski definition) is 1. The highest BCUT2D eigenvalue weighted by molar-refractivity contribution is 5.22. The molecule has 2 aliphatic rings. The van der Waals surface area contributed by atoms with E-state index in [0.717, 1.165) is 18.4 Å². The van der Waals surface area contributed by atoms with E-state index in [9.17, 15) is 0 Å². The molecule has 1 aromatic rings. The van der Waals surface area contributed by atoms with Crippen molar-refractivity contribution in [2.24, 2.45) is 17.6 Å². The minimum absolute atomic E-state index is 0.318. The summed E-state index contributed by atoms with van der Waals surface area (Å²) in [4.78, 5) is 2.70. The summed E-state index contributed by atoms with van der Waals surface area (Å²) in [6.07, 6.45) is 3.91. The van der Waals surface area contributed by atoms with Gasteiger partial charge in [0.1, 0.15) is 0 Å². The Balaban J connectivity index is 1.65. The van der Waals surface area contributed by atoms with Crippen molar-refractivity contribution >= 4 is 0 Å². The molecule has 1 aromatic carbocycles. The maximum absolute atomic E-state index is 6.15. The molecule has 3 rings (SSSR count). The predicted octanol–water partition coefficient (Wildman–Crippen LogP) is 3.24. The molecule has 2 nitrogen and oxygen atoms in total. The molecule has 0 spiro atoms. The van der Waals surface area contributed by atoms with E-state index in [-0.39, 0.29) is 0 Å². The second-order valence-corrected chi connectivity index (χ2v) is 7.18. The smallest absolute Gasteiger partial charge is 0.0337 e. The summed E-state index contributed by atoms with van der Waals surface area (Å²) in [6.45, 7) is 7.95. The van der Waals surface area contributed by atoms with Crippen LogP contribution in [0.25, 0.3) is 0 Å². The van der Waals surface area contributed by atoms with Crippen LogP contribution >= 0.6 is 0 Å². The first-order valence-electron chi connectivity index (χ1n) is 8.15. The monoisotopic (exact) mass is 272 g/mol. The maximum Gasteiger partial charge on any atom is 0.0337 e. The molecular formula is C18H28N2. The Morgan fingerprint density at radius 1 is 1.25 bits per heavy atom. The summed E-state index contributed by atoms with van der Waals surface area (Å²) in [6, 6.07) is 11.0. The standard InChI is InChI=1S/C18H28N2/c1-14(2)17-10-18(11-17,13-19)20-9-8-16(12-20)15-6-4-3-5-7-15/h3-7,14,16-17H,8-13,19H2,1-2H3. The number of benzene rings is 1. The third-order valence-corrected chi connectivity index (χ3v) is 5.74. The molecule has 1 heterocycles. The van der Waals surface area contributed by atoms with E-state index in [1.807, 2.05) is 0 Å². The van der Waals surface area contributed by atoms with Gasteiger partial charge in [-0.05, 0) is 49.1 Å². The van der Waals surface area contributed by atoms with Crippen LogP contribution in [-0.2, 0) is 0 Å². The Morgan fingerprint density at radius 3 is 2.55 bits per heavy atom. The van der Waals surface area contributed by atoms with Crippen molar-refractivity contribution in [2.45, 2.75) is 44.6 Å². The van der Waals surface area contributed by atoms with E-state index >= 15 is 0 Å². The summed E-state index contributed by atoms with van der Waals surface area (Å²) >= 11 is 0. The zero-order chi connectivity index (χ0) is 14.2. The van der Waals surface area contributed by atoms with E-state index in [1.165, 1.54) is 37.9 Å². The highest BCUT2D eigenvalue weighted by atomic mass is 15.2. The molecule has 0 amide bonds. The lowest BCUT2D eigenvalue weighted by Gasteiger charge is -2.54. The summed E-state index contributed by atoms with van der Waals surface area (Å²) in [5, 5.41) is 0. The molecule has 2 N–H and O–H groups in total. The Bertz CT molecular complexity index is 434. The van der Waals surface area contributed by atoms with Crippen molar-refractivity contribution in [3.63, 3.8) is 0 Å². The van der Waals surface area contributed by atoms with E-state index in [0.29, 0.717) is 11.5 Å². The number of rotatable bonds is 4. The molecular weight excluding hydrogens is 244 g/mol. The van der Waals surface area contributed by atoms with Crippen LogP contribution in [-0.4, -0.2) is 30.1 Å². The molecule has 0 radical (unpaired) electrons. The first-order chi connectivity index (χ1) is 9.64. The van der Waals surface area contributed by atoms with Crippen molar-refractivity contribution in [2.75, 3.05) is 19.6 Å². The van der Waals surface area contributed by atoms with E-state index in [2.05, 4.69) is 49.1 Å². The van der Waals surface area contributed by atoms with Gasteiger partial charge in [-0.15, -0.1) is 0 Å². The largest absolute Gasteiger partial charge is 0.329 e. The van der Waals surface area contributed by atoms with Gasteiger partial charge in [0.25, 0.3) is 0 Å². The maximum atomic E-state index is 6.15. The highest BCUT2D eigenvalue weighted by Gasteiger charge is 2.49. The first kappa shape index (κ1) is 14.1. The molecule has 1 unspecified atom stereocenters. The Hall–Kier alpha value is -0.860. The zero-order valence-corrected chi connectivity index (χ0v) is 12.9. The fourth-order valence-electron chi connectivity index (χ4n) is 4.13. The quantitative estimate of drug-likeness (QED) is 0.911. The van der Waals surface area contributed by atoms with Gasteiger partial charge in [0.05, 0.1) is 0 Å². The molecule has 1 saturated carbocycles. The van der Waals surface area contributed by atoms with Crippen LogP contribution < -0.4 is 5.73 Å². The van der Waals surface area contributed by atoms with Crippen molar-refractivity contribution < 1.29 is 0 Å². The summed E-state index contributed by atoms with van der Waals surface area (Å²) in [5.74, 6) is 2.40. The molecule has 20 heavy (non-hydrogen) atoms. The van der Waals surface area contributed by atoms with Crippen molar-refractivity contribution in [1.82, 2.24) is 4.90 Å². The van der Waals surface area contributed by atoms with Gasteiger partial charge in [-0.25, -0.2) is 0 Å². The Morgan fingerprint density at radius 2 is 1.95 bits per heavy atom. The minimum Gasteiger partial charge on any atom is -0.329 e. The van der Waals surface area contributed by atoms with Crippen LogP contribution in [0.1, 0.15) is 44.6 Å². The van der Waals surface area contributed by atoms with Gasteiger partial charge in [-0.3, -0.25) is 4.90 Å². The predicted molar refractivity (Wildman–Crippen MR) is 84.7 cm³/mol. The molecule has 2 heteroatoms. The average molecular weight is 272 g/mol. The van der Waals surface area contributed by atoms with Gasteiger partial charge >= 0.3 is 0 Å². The number of nitrogens with two attached hydrogens (primary N) is 1. The Kier molecular flexibility index (Phi) is 3.87. The lowest BCUT2D eigenvalue weighted by molar-refractivity contribution is -0.0220.